The summed E-state index contributed by atoms with van der Waals surface area (Å²) in [7, 11) is 3.35. The maximum Gasteiger partial charge on any atom is 0.261 e. The Bertz CT molecular complexity index is 1180. The van der Waals surface area contributed by atoms with Crippen molar-refractivity contribution in [3.05, 3.63) is 34.7 Å². The van der Waals surface area contributed by atoms with E-state index in [2.05, 4.69) is 22.2 Å². The van der Waals surface area contributed by atoms with Crippen LogP contribution in [0.25, 0.3) is 21.8 Å². The molecule has 1 N–H and O–H groups in total. The lowest BCUT2D eigenvalue weighted by Gasteiger charge is -2.33. The molecule has 0 saturated heterocycles. The molecule has 8 nitrogen and oxygen atoms in total. The molecular formula is C25H35N5O3. The van der Waals surface area contributed by atoms with Crippen molar-refractivity contribution in [1.82, 2.24) is 24.6 Å². The molecule has 2 aromatic heterocycles. The summed E-state index contributed by atoms with van der Waals surface area (Å²) in [6.07, 6.45) is 9.10. The van der Waals surface area contributed by atoms with Crippen LogP contribution in [0.2, 0.25) is 0 Å². The number of methoxy groups -OCH3 is 1. The highest BCUT2D eigenvalue weighted by atomic mass is 16.5. The fourth-order valence-electron chi connectivity index (χ4n) is 5.11. The standard InChI is InChI=1S/C25H35N5O3/c1-4-29(18-9-6-5-7-10-18)14-8-13-26-23(31)17-30-24-20-15-19(33-3)11-12-22(20)28(2)25(32)21(24)16-27-30/h11-12,15-16,18H,4-10,13-14,17H2,1-3H3,(H,26,31). The van der Waals surface area contributed by atoms with E-state index >= 15 is 0 Å². The molecule has 1 aliphatic carbocycles. The Morgan fingerprint density at radius 1 is 1.24 bits per heavy atom. The van der Waals surface area contributed by atoms with E-state index in [1.807, 2.05) is 18.2 Å². The summed E-state index contributed by atoms with van der Waals surface area (Å²) in [5.41, 5.74) is 1.31. The van der Waals surface area contributed by atoms with Crippen molar-refractivity contribution in [2.75, 3.05) is 26.7 Å². The summed E-state index contributed by atoms with van der Waals surface area (Å²) >= 11 is 0. The predicted molar refractivity (Wildman–Crippen MR) is 131 cm³/mol. The topological polar surface area (TPSA) is 81.4 Å². The van der Waals surface area contributed by atoms with Crippen LogP contribution in [0.1, 0.15) is 45.4 Å². The average molecular weight is 454 g/mol. The van der Waals surface area contributed by atoms with Crippen molar-refractivity contribution in [3.8, 4) is 5.75 Å². The molecule has 1 aromatic carbocycles. The van der Waals surface area contributed by atoms with Gasteiger partial charge < -0.3 is 19.5 Å². The second-order valence-corrected chi connectivity index (χ2v) is 8.94. The van der Waals surface area contributed by atoms with E-state index in [0.717, 1.165) is 30.4 Å². The zero-order valence-corrected chi connectivity index (χ0v) is 20.0. The Hall–Kier alpha value is -2.87. The Labute approximate surface area is 194 Å². The minimum absolute atomic E-state index is 0.0725. The molecule has 3 aromatic rings. The number of aryl methyl sites for hydroxylation is 1. The molecule has 0 unspecified atom stereocenters. The highest BCUT2D eigenvalue weighted by Gasteiger charge is 2.20. The van der Waals surface area contributed by atoms with E-state index in [4.69, 9.17) is 4.74 Å². The summed E-state index contributed by atoms with van der Waals surface area (Å²) in [6, 6.07) is 6.27. The van der Waals surface area contributed by atoms with Gasteiger partial charge in [0.05, 0.1) is 29.7 Å². The summed E-state index contributed by atoms with van der Waals surface area (Å²) in [6.45, 7) is 5.00. The van der Waals surface area contributed by atoms with Gasteiger partial charge in [-0.15, -0.1) is 0 Å². The molecule has 8 heteroatoms. The molecule has 1 aliphatic rings. The molecule has 178 valence electrons. The van der Waals surface area contributed by atoms with Crippen molar-refractivity contribution in [2.45, 2.75) is 58.0 Å². The van der Waals surface area contributed by atoms with Crippen LogP contribution in [0.4, 0.5) is 0 Å². The van der Waals surface area contributed by atoms with E-state index in [9.17, 15) is 9.59 Å². The predicted octanol–water partition coefficient (Wildman–Crippen LogP) is 3.06. The number of pyridine rings is 1. The average Bonchev–Trinajstić information content (AvgIpc) is 3.26. The minimum Gasteiger partial charge on any atom is -0.497 e. The van der Waals surface area contributed by atoms with Gasteiger partial charge in [0.1, 0.15) is 12.3 Å². The number of aromatic nitrogens is 3. The quantitative estimate of drug-likeness (QED) is 0.504. The number of hydrogen-bond acceptors (Lipinski definition) is 5. The van der Waals surface area contributed by atoms with Crippen molar-refractivity contribution >= 4 is 27.7 Å². The van der Waals surface area contributed by atoms with Crippen LogP contribution in [-0.4, -0.2) is 57.9 Å². The van der Waals surface area contributed by atoms with Crippen molar-refractivity contribution in [2.24, 2.45) is 7.05 Å². The van der Waals surface area contributed by atoms with E-state index in [0.29, 0.717) is 29.2 Å². The molecule has 0 atom stereocenters. The summed E-state index contributed by atoms with van der Waals surface area (Å²) in [4.78, 5) is 28.0. The molecule has 2 heterocycles. The first kappa shape index (κ1) is 23.3. The SMILES string of the molecule is CCN(CCCNC(=O)Cn1ncc2c(=O)n(C)c3ccc(OC)cc3c21)C1CCCCC1. The number of ether oxygens (including phenoxy) is 1. The molecule has 0 spiro atoms. The number of fused-ring (bicyclic) bond motifs is 3. The van der Waals surface area contributed by atoms with Crippen LogP contribution in [0, 0.1) is 0 Å². The van der Waals surface area contributed by atoms with Gasteiger partial charge in [-0.25, -0.2) is 0 Å². The summed E-state index contributed by atoms with van der Waals surface area (Å²) < 4.78 is 8.60. The fourth-order valence-corrected chi connectivity index (χ4v) is 5.11. The van der Waals surface area contributed by atoms with E-state index in [1.54, 1.807) is 29.6 Å². The molecule has 1 saturated carbocycles. The maximum absolute atomic E-state index is 12.8. The maximum atomic E-state index is 12.8. The Morgan fingerprint density at radius 2 is 2.03 bits per heavy atom. The number of nitrogens with zero attached hydrogens (tertiary/aromatic N) is 4. The van der Waals surface area contributed by atoms with E-state index in [1.165, 1.54) is 32.1 Å². The highest BCUT2D eigenvalue weighted by molar-refractivity contribution is 6.04. The molecule has 0 bridgehead atoms. The zero-order valence-electron chi connectivity index (χ0n) is 20.0. The van der Waals surface area contributed by atoms with Crippen LogP contribution in [0.15, 0.2) is 29.2 Å². The molecule has 1 fully saturated rings. The first-order valence-corrected chi connectivity index (χ1v) is 12.1. The van der Waals surface area contributed by atoms with E-state index < -0.39 is 0 Å². The van der Waals surface area contributed by atoms with Gasteiger partial charge in [0, 0.05) is 31.6 Å². The first-order chi connectivity index (χ1) is 16.0. The van der Waals surface area contributed by atoms with Gasteiger partial charge in [-0.05, 0) is 44.0 Å². The zero-order chi connectivity index (χ0) is 23.4. The largest absolute Gasteiger partial charge is 0.497 e. The molecule has 0 radical (unpaired) electrons. The number of nitrogens with one attached hydrogen (secondary N) is 1. The number of benzene rings is 1. The van der Waals surface area contributed by atoms with Gasteiger partial charge in [0.2, 0.25) is 5.91 Å². The van der Waals surface area contributed by atoms with Gasteiger partial charge in [0.25, 0.3) is 5.56 Å². The Balaban J connectivity index is 1.43. The third kappa shape index (κ3) is 4.90. The minimum atomic E-state index is -0.128. The monoisotopic (exact) mass is 453 g/mol. The molecule has 4 rings (SSSR count). The van der Waals surface area contributed by atoms with Gasteiger partial charge in [-0.2, -0.15) is 5.10 Å². The first-order valence-electron chi connectivity index (χ1n) is 12.1. The Kier molecular flexibility index (Phi) is 7.33. The second kappa shape index (κ2) is 10.4. The normalized spacial score (nSPS) is 14.9. The van der Waals surface area contributed by atoms with Crippen LogP contribution in [-0.2, 0) is 18.4 Å². The number of rotatable bonds is 9. The number of hydrogen-bond donors (Lipinski definition) is 1. The van der Waals surface area contributed by atoms with Crippen LogP contribution in [0.3, 0.4) is 0 Å². The second-order valence-electron chi connectivity index (χ2n) is 8.94. The third-order valence-electron chi connectivity index (χ3n) is 6.93. The van der Waals surface area contributed by atoms with Gasteiger partial charge in [-0.3, -0.25) is 14.3 Å². The van der Waals surface area contributed by atoms with Crippen LogP contribution < -0.4 is 15.6 Å². The molecule has 0 aliphatic heterocycles. The van der Waals surface area contributed by atoms with Gasteiger partial charge >= 0.3 is 0 Å². The van der Waals surface area contributed by atoms with Gasteiger partial charge in [-0.1, -0.05) is 26.2 Å². The van der Waals surface area contributed by atoms with Crippen molar-refractivity contribution in [1.29, 1.82) is 0 Å². The fraction of sp³-hybridized carbons (Fsp3) is 0.560. The highest BCUT2D eigenvalue weighted by Crippen LogP contribution is 2.26. The smallest absolute Gasteiger partial charge is 0.261 e. The van der Waals surface area contributed by atoms with Crippen molar-refractivity contribution < 1.29 is 9.53 Å². The summed E-state index contributed by atoms with van der Waals surface area (Å²) in [5, 5.41) is 8.73. The lowest BCUT2D eigenvalue weighted by atomic mass is 9.94. The van der Waals surface area contributed by atoms with Crippen LogP contribution in [0.5, 0.6) is 5.75 Å². The number of carbonyl (C=O) groups is 1. The number of amides is 1. The Morgan fingerprint density at radius 3 is 2.76 bits per heavy atom. The van der Waals surface area contributed by atoms with Crippen molar-refractivity contribution in [3.63, 3.8) is 0 Å². The molecule has 1 amide bonds. The van der Waals surface area contributed by atoms with E-state index in [-0.39, 0.29) is 18.0 Å². The lowest BCUT2D eigenvalue weighted by molar-refractivity contribution is -0.121. The third-order valence-corrected chi connectivity index (χ3v) is 6.93. The number of carbonyl (C=O) groups excluding carboxylic acids is 1. The lowest BCUT2D eigenvalue weighted by Crippen LogP contribution is -2.39. The molecular weight excluding hydrogens is 418 g/mol. The molecule has 33 heavy (non-hydrogen) atoms. The van der Waals surface area contributed by atoms with Gasteiger partial charge in [0.15, 0.2) is 0 Å². The van der Waals surface area contributed by atoms with Crippen LogP contribution >= 0.6 is 0 Å². The summed E-state index contributed by atoms with van der Waals surface area (Å²) in [5.74, 6) is 0.593.